The summed E-state index contributed by atoms with van der Waals surface area (Å²) in [4.78, 5) is 0. The Morgan fingerprint density at radius 2 is 0.610 bits per heavy atom. The standard InChI is InChI=1S/C73H49F6N3/c1-43-8-17-48(18-9-43)52-25-31-66-58(37-52)59-38-53(49-19-10-44(2)11-20-49)26-32-67(59)81(66)65-30-16-47(42-80)36-57(65)62-41-56(71-63(72(74,75)76)6-5-7-64(71)73(77,78)79)29-35-70(62)82-68-33-27-54(50-21-12-45(3)13-22-50)39-60(68)61-40-55(28-34-69(61)82)51-23-14-46(4)15-24-51/h5-41H,1-4H3. The fourth-order valence-electron chi connectivity index (χ4n) is 11.7. The molecule has 0 bridgehead atoms. The van der Waals surface area contributed by atoms with Crippen molar-refractivity contribution in [2.75, 3.05) is 0 Å². The van der Waals surface area contributed by atoms with Gasteiger partial charge >= 0.3 is 12.4 Å². The molecule has 0 amide bonds. The predicted octanol–water partition coefficient (Wildman–Crippen LogP) is 21.0. The van der Waals surface area contributed by atoms with Crippen molar-refractivity contribution in [2.24, 2.45) is 0 Å². The van der Waals surface area contributed by atoms with Gasteiger partial charge < -0.3 is 9.13 Å². The Hall–Kier alpha value is -9.91. The third-order valence-electron chi connectivity index (χ3n) is 15.9. The van der Waals surface area contributed by atoms with Crippen LogP contribution in [0, 0.1) is 39.0 Å². The fraction of sp³-hybridized carbons (Fsp3) is 0.0822. The molecule has 13 rings (SSSR count). The van der Waals surface area contributed by atoms with Gasteiger partial charge in [0.25, 0.3) is 0 Å². The number of fused-ring (bicyclic) bond motifs is 6. The predicted molar refractivity (Wildman–Crippen MR) is 321 cm³/mol. The molecular formula is C73H49F6N3. The van der Waals surface area contributed by atoms with Crippen molar-refractivity contribution in [3.05, 3.63) is 263 Å². The zero-order valence-corrected chi connectivity index (χ0v) is 45.0. The highest BCUT2D eigenvalue weighted by Crippen LogP contribution is 2.49. The minimum absolute atomic E-state index is 0.235. The molecule has 0 aliphatic heterocycles. The van der Waals surface area contributed by atoms with E-state index in [9.17, 15) is 5.26 Å². The van der Waals surface area contributed by atoms with E-state index < -0.39 is 29.0 Å². The van der Waals surface area contributed by atoms with Crippen LogP contribution in [0.1, 0.15) is 38.9 Å². The summed E-state index contributed by atoms with van der Waals surface area (Å²) in [6.45, 7) is 8.15. The Balaban J connectivity index is 1.14. The SMILES string of the molecule is Cc1ccc(-c2ccc3c(c2)c2cc(-c4ccc(C)cc4)ccc2n3-c2ccc(C#N)cc2-c2cc(-c3c(C(F)(F)F)cccc3C(F)(F)F)ccc2-n2c3ccc(-c4ccc(C)cc4)cc3c3cc(-c4ccc(C)cc4)ccc32)cc1. The summed E-state index contributed by atoms with van der Waals surface area (Å²) in [5.74, 6) is 0. The number of alkyl halides is 6. The molecule has 0 unspecified atom stereocenters. The number of aryl methyl sites for hydroxylation is 4. The molecule has 3 nitrogen and oxygen atoms in total. The second kappa shape index (κ2) is 19.7. The number of halogens is 6. The van der Waals surface area contributed by atoms with Gasteiger partial charge in [0, 0.05) is 38.2 Å². The van der Waals surface area contributed by atoms with Gasteiger partial charge in [-0.2, -0.15) is 31.6 Å². The highest BCUT2D eigenvalue weighted by molar-refractivity contribution is 6.14. The summed E-state index contributed by atoms with van der Waals surface area (Å²) in [6, 6.07) is 72.1. The van der Waals surface area contributed by atoms with Gasteiger partial charge in [-0.15, -0.1) is 0 Å². The van der Waals surface area contributed by atoms with Gasteiger partial charge in [0.2, 0.25) is 0 Å². The minimum Gasteiger partial charge on any atom is -0.309 e. The molecule has 0 saturated heterocycles. The van der Waals surface area contributed by atoms with Gasteiger partial charge in [-0.3, -0.25) is 0 Å². The van der Waals surface area contributed by atoms with Crippen LogP contribution in [0.25, 0.3) is 122 Å². The second-order valence-electron chi connectivity index (χ2n) is 21.4. The normalized spacial score (nSPS) is 12.0. The Labute approximate surface area is 469 Å². The van der Waals surface area contributed by atoms with Crippen molar-refractivity contribution >= 4 is 43.6 Å². The van der Waals surface area contributed by atoms with Crippen molar-refractivity contribution in [2.45, 2.75) is 40.0 Å². The van der Waals surface area contributed by atoms with Crippen molar-refractivity contribution in [1.29, 1.82) is 5.26 Å². The van der Waals surface area contributed by atoms with Crippen molar-refractivity contribution in [3.63, 3.8) is 0 Å². The lowest BCUT2D eigenvalue weighted by Crippen LogP contribution is -2.14. The minimum atomic E-state index is -5.16. The summed E-state index contributed by atoms with van der Waals surface area (Å²) in [5, 5.41) is 14.3. The van der Waals surface area contributed by atoms with E-state index in [1.807, 2.05) is 62.6 Å². The Bertz CT molecular complexity index is 4490. The number of nitriles is 1. The molecule has 13 aromatic rings. The highest BCUT2D eigenvalue weighted by atomic mass is 19.4. The number of aromatic nitrogens is 2. The van der Waals surface area contributed by atoms with E-state index in [0.717, 1.165) is 116 Å². The Morgan fingerprint density at radius 1 is 0.317 bits per heavy atom. The van der Waals surface area contributed by atoms with Crippen molar-refractivity contribution in [1.82, 2.24) is 9.13 Å². The van der Waals surface area contributed by atoms with Crippen LogP contribution in [0.2, 0.25) is 0 Å². The summed E-state index contributed by atoms with van der Waals surface area (Å²) >= 11 is 0. The number of benzene rings is 11. The topological polar surface area (TPSA) is 33.6 Å². The molecule has 11 aromatic carbocycles. The highest BCUT2D eigenvalue weighted by Gasteiger charge is 2.41. The number of hydrogen-bond acceptors (Lipinski definition) is 1. The first-order valence-electron chi connectivity index (χ1n) is 26.9. The third-order valence-corrected chi connectivity index (χ3v) is 15.9. The van der Waals surface area contributed by atoms with Gasteiger partial charge in [-0.05, 0) is 169 Å². The lowest BCUT2D eigenvalue weighted by molar-refractivity contribution is -0.142. The quantitative estimate of drug-likeness (QED) is 0.140. The molecule has 0 spiro atoms. The molecule has 0 aliphatic rings. The largest absolute Gasteiger partial charge is 0.417 e. The average Bonchev–Trinajstić information content (AvgIpc) is 3.02. The van der Waals surface area contributed by atoms with Gasteiger partial charge in [0.15, 0.2) is 0 Å². The summed E-state index contributed by atoms with van der Waals surface area (Å²) in [6.07, 6.45) is -10.3. The van der Waals surface area contributed by atoms with E-state index in [1.54, 1.807) is 18.2 Å². The maximum atomic E-state index is 15.3. The first-order chi connectivity index (χ1) is 39.5. The lowest BCUT2D eigenvalue weighted by atomic mass is 9.90. The van der Waals surface area contributed by atoms with E-state index >= 15 is 26.3 Å². The third kappa shape index (κ3) is 9.07. The lowest BCUT2D eigenvalue weighted by Gasteiger charge is -2.22. The average molecular weight is 1080 g/mol. The molecule has 9 heteroatoms. The molecule has 0 radical (unpaired) electrons. The Kier molecular flexibility index (Phi) is 12.4. The van der Waals surface area contributed by atoms with E-state index in [4.69, 9.17) is 0 Å². The zero-order valence-electron chi connectivity index (χ0n) is 45.0. The molecule has 0 N–H and O–H groups in total. The van der Waals surface area contributed by atoms with Crippen LogP contribution in [-0.4, -0.2) is 9.13 Å². The van der Waals surface area contributed by atoms with E-state index in [0.29, 0.717) is 34.6 Å². The first-order valence-corrected chi connectivity index (χ1v) is 26.9. The van der Waals surface area contributed by atoms with Gasteiger partial charge in [-0.25, -0.2) is 0 Å². The van der Waals surface area contributed by atoms with E-state index in [1.165, 1.54) is 12.1 Å². The molecule has 2 aromatic heterocycles. The smallest absolute Gasteiger partial charge is 0.309 e. The van der Waals surface area contributed by atoms with Crippen molar-refractivity contribution in [3.8, 4) is 84.2 Å². The summed E-state index contributed by atoms with van der Waals surface area (Å²) < 4.78 is 95.8. The van der Waals surface area contributed by atoms with E-state index in [-0.39, 0.29) is 11.1 Å². The first kappa shape index (κ1) is 51.5. The van der Waals surface area contributed by atoms with Crippen LogP contribution in [0.5, 0.6) is 0 Å². The van der Waals surface area contributed by atoms with Crippen LogP contribution in [0.4, 0.5) is 26.3 Å². The molecule has 0 aliphatic carbocycles. The van der Waals surface area contributed by atoms with Gasteiger partial charge in [0.05, 0.1) is 56.2 Å². The van der Waals surface area contributed by atoms with Gasteiger partial charge in [0.1, 0.15) is 0 Å². The van der Waals surface area contributed by atoms with Crippen LogP contribution in [0.15, 0.2) is 224 Å². The molecule has 2 heterocycles. The summed E-state index contributed by atoms with van der Waals surface area (Å²) in [7, 11) is 0. The zero-order chi connectivity index (χ0) is 56.8. The monoisotopic (exact) mass is 1080 g/mol. The second-order valence-corrected chi connectivity index (χ2v) is 21.4. The van der Waals surface area contributed by atoms with Gasteiger partial charge in [-0.1, -0.05) is 156 Å². The fourth-order valence-corrected chi connectivity index (χ4v) is 11.7. The molecule has 0 fully saturated rings. The van der Waals surface area contributed by atoms with Crippen molar-refractivity contribution < 1.29 is 26.3 Å². The van der Waals surface area contributed by atoms with Crippen LogP contribution in [0.3, 0.4) is 0 Å². The molecule has 82 heavy (non-hydrogen) atoms. The molecule has 0 saturated carbocycles. The summed E-state index contributed by atoms with van der Waals surface area (Å²) in [5.41, 5.74) is 13.2. The van der Waals surface area contributed by atoms with E-state index in [2.05, 4.69) is 156 Å². The van der Waals surface area contributed by atoms with Crippen LogP contribution in [-0.2, 0) is 12.4 Å². The molecule has 0 atom stereocenters. The number of rotatable bonds is 8. The number of nitrogens with zero attached hydrogens (tertiary/aromatic N) is 3. The maximum Gasteiger partial charge on any atom is 0.417 e. The van der Waals surface area contributed by atoms with Crippen LogP contribution >= 0.6 is 0 Å². The van der Waals surface area contributed by atoms with Crippen LogP contribution < -0.4 is 0 Å². The molecule has 398 valence electrons. The Morgan fingerprint density at radius 3 is 0.927 bits per heavy atom. The number of hydrogen-bond donors (Lipinski definition) is 0. The maximum absolute atomic E-state index is 15.3. The molecular weight excluding hydrogens is 1030 g/mol.